The first-order valence-corrected chi connectivity index (χ1v) is 6.36. The second-order valence-corrected chi connectivity index (χ2v) is 4.70. The Kier molecular flexibility index (Phi) is 5.99. The Morgan fingerprint density at radius 3 is 2.29 bits per heavy atom. The molecule has 1 aliphatic rings. The fourth-order valence-electron chi connectivity index (χ4n) is 2.34. The van der Waals surface area contributed by atoms with Gasteiger partial charge in [0.25, 0.3) is 0 Å². The van der Waals surface area contributed by atoms with E-state index < -0.39 is 0 Å². The van der Waals surface area contributed by atoms with Gasteiger partial charge in [-0.2, -0.15) is 0 Å². The molecule has 0 aliphatic heterocycles. The van der Waals surface area contributed by atoms with E-state index in [1.807, 2.05) is 0 Å². The quantitative estimate of drug-likeness (QED) is 0.821. The van der Waals surface area contributed by atoms with Crippen LogP contribution in [0.25, 0.3) is 6.08 Å². The van der Waals surface area contributed by atoms with Crippen molar-refractivity contribution in [3.8, 4) is 0 Å². The summed E-state index contributed by atoms with van der Waals surface area (Å²) < 4.78 is 0. The first kappa shape index (κ1) is 14.0. The summed E-state index contributed by atoms with van der Waals surface area (Å²) in [5, 5.41) is 0. The lowest BCUT2D eigenvalue weighted by atomic mass is 9.89. The van der Waals surface area contributed by atoms with Crippen molar-refractivity contribution >= 4 is 6.08 Å². The molecule has 1 aliphatic carbocycles. The minimum atomic E-state index is 0. The molecule has 1 aromatic rings. The van der Waals surface area contributed by atoms with Crippen molar-refractivity contribution in [3.05, 3.63) is 41.5 Å². The van der Waals surface area contributed by atoms with Crippen LogP contribution in [0.3, 0.4) is 0 Å². The van der Waals surface area contributed by atoms with E-state index in [0.29, 0.717) is 6.54 Å². The highest BCUT2D eigenvalue weighted by molar-refractivity contribution is 5.49. The highest BCUT2D eigenvalue weighted by Gasteiger charge is 2.09. The zero-order chi connectivity index (χ0) is 11.2. The van der Waals surface area contributed by atoms with Crippen LogP contribution in [0.2, 0.25) is 0 Å². The number of benzene rings is 1. The lowest BCUT2D eigenvalue weighted by molar-refractivity contribution is 0.420. The summed E-state index contributed by atoms with van der Waals surface area (Å²) in [6.07, 6.45) is 11.6. The SMILES string of the molecule is C.NCc1ccc(/C=C\C2CCCCC2)cc1. The van der Waals surface area contributed by atoms with Crippen LogP contribution in [0.15, 0.2) is 30.3 Å². The van der Waals surface area contributed by atoms with Crippen LogP contribution >= 0.6 is 0 Å². The van der Waals surface area contributed by atoms with Gasteiger partial charge < -0.3 is 5.73 Å². The summed E-state index contributed by atoms with van der Waals surface area (Å²) >= 11 is 0. The van der Waals surface area contributed by atoms with Crippen LogP contribution in [-0.4, -0.2) is 0 Å². The molecule has 0 spiro atoms. The van der Waals surface area contributed by atoms with E-state index in [-0.39, 0.29) is 7.43 Å². The summed E-state index contributed by atoms with van der Waals surface area (Å²) in [7, 11) is 0. The van der Waals surface area contributed by atoms with E-state index in [1.165, 1.54) is 43.2 Å². The summed E-state index contributed by atoms with van der Waals surface area (Å²) in [6, 6.07) is 8.53. The van der Waals surface area contributed by atoms with Gasteiger partial charge in [0, 0.05) is 6.54 Å². The Balaban J connectivity index is 0.00000144. The second kappa shape index (κ2) is 7.29. The molecule has 1 fully saturated rings. The van der Waals surface area contributed by atoms with Crippen molar-refractivity contribution in [2.75, 3.05) is 0 Å². The predicted octanol–water partition coefficient (Wildman–Crippen LogP) is 4.37. The molecule has 0 unspecified atom stereocenters. The Morgan fingerprint density at radius 2 is 1.71 bits per heavy atom. The molecule has 0 saturated heterocycles. The maximum atomic E-state index is 5.57. The number of allylic oxidation sites excluding steroid dienone is 1. The number of nitrogens with two attached hydrogens (primary N) is 1. The van der Waals surface area contributed by atoms with Crippen molar-refractivity contribution in [2.45, 2.75) is 46.1 Å². The van der Waals surface area contributed by atoms with Gasteiger partial charge in [-0.15, -0.1) is 0 Å². The molecule has 0 atom stereocenters. The monoisotopic (exact) mass is 231 g/mol. The zero-order valence-electron chi connectivity index (χ0n) is 9.86. The molecule has 17 heavy (non-hydrogen) atoms. The maximum Gasteiger partial charge on any atom is 0.0178 e. The van der Waals surface area contributed by atoms with Gasteiger partial charge in [0.05, 0.1) is 0 Å². The number of hydrogen-bond acceptors (Lipinski definition) is 1. The molecule has 1 heteroatoms. The van der Waals surface area contributed by atoms with Crippen LogP contribution in [0, 0.1) is 5.92 Å². The smallest absolute Gasteiger partial charge is 0.0178 e. The Hall–Kier alpha value is -1.08. The molecule has 1 saturated carbocycles. The Bertz CT molecular complexity index is 331. The largest absolute Gasteiger partial charge is 0.326 e. The van der Waals surface area contributed by atoms with Gasteiger partial charge in [-0.1, -0.05) is 63.1 Å². The number of rotatable bonds is 3. The van der Waals surface area contributed by atoms with E-state index in [2.05, 4.69) is 36.4 Å². The van der Waals surface area contributed by atoms with Crippen LogP contribution in [-0.2, 0) is 6.54 Å². The van der Waals surface area contributed by atoms with E-state index in [9.17, 15) is 0 Å². The van der Waals surface area contributed by atoms with Gasteiger partial charge in [-0.3, -0.25) is 0 Å². The first-order chi connectivity index (χ1) is 7.88. The molecule has 0 aromatic heterocycles. The molecular weight excluding hydrogens is 206 g/mol. The molecular formula is C16H25N. The average Bonchev–Trinajstić information content (AvgIpc) is 2.38. The number of hydrogen-bond donors (Lipinski definition) is 1. The van der Waals surface area contributed by atoms with Crippen LogP contribution in [0.5, 0.6) is 0 Å². The van der Waals surface area contributed by atoms with E-state index in [0.717, 1.165) is 5.92 Å². The molecule has 0 bridgehead atoms. The van der Waals surface area contributed by atoms with E-state index >= 15 is 0 Å². The van der Waals surface area contributed by atoms with Crippen LogP contribution in [0.1, 0.15) is 50.7 Å². The highest BCUT2D eigenvalue weighted by Crippen LogP contribution is 2.25. The fraction of sp³-hybridized carbons (Fsp3) is 0.500. The summed E-state index contributed by atoms with van der Waals surface area (Å²) in [4.78, 5) is 0. The topological polar surface area (TPSA) is 26.0 Å². The van der Waals surface area contributed by atoms with Crippen molar-refractivity contribution < 1.29 is 0 Å². The van der Waals surface area contributed by atoms with Crippen LogP contribution in [0.4, 0.5) is 0 Å². The van der Waals surface area contributed by atoms with Crippen molar-refractivity contribution in [3.63, 3.8) is 0 Å². The van der Waals surface area contributed by atoms with Crippen LogP contribution < -0.4 is 5.73 Å². The second-order valence-electron chi connectivity index (χ2n) is 4.70. The predicted molar refractivity (Wildman–Crippen MR) is 76.7 cm³/mol. The molecule has 0 heterocycles. The molecule has 94 valence electrons. The fourth-order valence-corrected chi connectivity index (χ4v) is 2.34. The van der Waals surface area contributed by atoms with Gasteiger partial charge in [0.15, 0.2) is 0 Å². The highest BCUT2D eigenvalue weighted by atomic mass is 14.5. The molecule has 2 rings (SSSR count). The normalized spacial score (nSPS) is 17.0. The molecule has 1 nitrogen and oxygen atoms in total. The summed E-state index contributed by atoms with van der Waals surface area (Å²) in [6.45, 7) is 0.632. The molecule has 2 N–H and O–H groups in total. The van der Waals surface area contributed by atoms with Crippen molar-refractivity contribution in [2.24, 2.45) is 11.7 Å². The molecule has 1 aromatic carbocycles. The van der Waals surface area contributed by atoms with Crippen molar-refractivity contribution in [1.82, 2.24) is 0 Å². The lowest BCUT2D eigenvalue weighted by Crippen LogP contribution is -2.02. The minimum Gasteiger partial charge on any atom is -0.326 e. The first-order valence-electron chi connectivity index (χ1n) is 6.36. The van der Waals surface area contributed by atoms with Gasteiger partial charge in [-0.05, 0) is 29.9 Å². The summed E-state index contributed by atoms with van der Waals surface area (Å²) in [5.74, 6) is 0.808. The molecule has 0 radical (unpaired) electrons. The van der Waals surface area contributed by atoms with E-state index in [4.69, 9.17) is 5.73 Å². The minimum absolute atomic E-state index is 0. The standard InChI is InChI=1S/C15H21N.CH4/c16-12-15-10-8-14(9-11-15)7-6-13-4-2-1-3-5-13;/h6-11,13H,1-5,12,16H2;1H4/b7-6-;. The Labute approximate surface area is 106 Å². The van der Waals surface area contributed by atoms with Gasteiger partial charge in [-0.25, -0.2) is 0 Å². The van der Waals surface area contributed by atoms with Gasteiger partial charge >= 0.3 is 0 Å². The molecule has 0 amide bonds. The third kappa shape index (κ3) is 4.35. The maximum absolute atomic E-state index is 5.57. The van der Waals surface area contributed by atoms with Gasteiger partial charge in [0.2, 0.25) is 0 Å². The third-order valence-corrected chi connectivity index (χ3v) is 3.43. The zero-order valence-corrected chi connectivity index (χ0v) is 9.86. The van der Waals surface area contributed by atoms with Crippen molar-refractivity contribution in [1.29, 1.82) is 0 Å². The average molecular weight is 231 g/mol. The lowest BCUT2D eigenvalue weighted by Gasteiger charge is -2.17. The summed E-state index contributed by atoms with van der Waals surface area (Å²) in [5.41, 5.74) is 8.07. The van der Waals surface area contributed by atoms with E-state index in [1.54, 1.807) is 0 Å². The Morgan fingerprint density at radius 1 is 1.06 bits per heavy atom. The van der Waals surface area contributed by atoms with Gasteiger partial charge in [0.1, 0.15) is 0 Å². The third-order valence-electron chi connectivity index (χ3n) is 3.43.